The molecule has 0 bridgehead atoms. The lowest BCUT2D eigenvalue weighted by Crippen LogP contribution is -2.18. The first-order valence-electron chi connectivity index (χ1n) is 4.18. The molecule has 84 valence electrons. The van der Waals surface area contributed by atoms with Crippen molar-refractivity contribution in [2.45, 2.75) is 6.36 Å². The molecule has 0 aliphatic heterocycles. The highest BCUT2D eigenvalue weighted by atomic mass is 19.4. The highest BCUT2D eigenvalue weighted by Crippen LogP contribution is 2.29. The largest absolute Gasteiger partial charge is 0.574 e. The maximum atomic E-state index is 12.1. The number of hydrogen-bond acceptors (Lipinski definition) is 3. The van der Waals surface area contributed by atoms with E-state index in [-0.39, 0.29) is 10.9 Å². The zero-order valence-electron chi connectivity index (χ0n) is 7.71. The van der Waals surface area contributed by atoms with Crippen LogP contribution >= 0.6 is 0 Å². The third-order valence-corrected chi connectivity index (χ3v) is 1.93. The minimum Gasteiger partial charge on any atom is -0.387 e. The molecule has 0 radical (unpaired) electrons. The van der Waals surface area contributed by atoms with Crippen LogP contribution in [-0.2, 0) is 0 Å². The number of fused-ring (bicyclic) bond motifs is 1. The molecule has 0 spiro atoms. The Bertz CT molecular complexity index is 533. The van der Waals surface area contributed by atoms with Crippen molar-refractivity contribution in [1.82, 2.24) is 9.97 Å². The van der Waals surface area contributed by atoms with E-state index in [1.54, 1.807) is 0 Å². The minimum absolute atomic E-state index is 0.0230. The van der Waals surface area contributed by atoms with E-state index in [9.17, 15) is 18.0 Å². The van der Waals surface area contributed by atoms with Gasteiger partial charge >= 0.3 is 6.36 Å². The molecule has 0 aromatic carbocycles. The Kier molecular flexibility index (Phi) is 2.30. The molecule has 0 unspecified atom stereocenters. The average Bonchev–Trinajstić information content (AvgIpc) is 2.59. The van der Waals surface area contributed by atoms with Crippen molar-refractivity contribution in [1.29, 1.82) is 0 Å². The maximum Gasteiger partial charge on any atom is 0.574 e. The third kappa shape index (κ3) is 1.83. The number of aromatic amines is 1. The zero-order valence-corrected chi connectivity index (χ0v) is 7.71. The average molecular weight is 230 g/mol. The SMILES string of the molecule is O=Cc1c[nH]c2ccnc(OC(F)(F)F)c12. The van der Waals surface area contributed by atoms with Gasteiger partial charge in [-0.3, -0.25) is 4.79 Å². The van der Waals surface area contributed by atoms with E-state index in [2.05, 4.69) is 14.7 Å². The van der Waals surface area contributed by atoms with Gasteiger partial charge in [0.25, 0.3) is 0 Å². The Morgan fingerprint density at radius 1 is 1.44 bits per heavy atom. The molecule has 2 heterocycles. The molecule has 0 aliphatic rings. The van der Waals surface area contributed by atoms with Crippen LogP contribution in [0, 0.1) is 0 Å². The van der Waals surface area contributed by atoms with Gasteiger partial charge in [-0.2, -0.15) is 0 Å². The molecule has 0 saturated heterocycles. The number of nitrogens with one attached hydrogen (secondary N) is 1. The zero-order chi connectivity index (χ0) is 11.8. The molecule has 7 heteroatoms. The van der Waals surface area contributed by atoms with Crippen molar-refractivity contribution in [3.05, 3.63) is 24.0 Å². The normalized spacial score (nSPS) is 11.7. The highest BCUT2D eigenvalue weighted by Gasteiger charge is 2.33. The van der Waals surface area contributed by atoms with Gasteiger partial charge in [0.2, 0.25) is 5.88 Å². The minimum atomic E-state index is -4.83. The molecular formula is C9H5F3N2O2. The lowest BCUT2D eigenvalue weighted by Gasteiger charge is -2.08. The summed E-state index contributed by atoms with van der Waals surface area (Å²) in [6.07, 6.45) is -1.94. The first-order chi connectivity index (χ1) is 7.51. The fourth-order valence-corrected chi connectivity index (χ4v) is 1.35. The van der Waals surface area contributed by atoms with Crippen LogP contribution < -0.4 is 4.74 Å². The molecule has 16 heavy (non-hydrogen) atoms. The predicted octanol–water partition coefficient (Wildman–Crippen LogP) is 2.27. The van der Waals surface area contributed by atoms with Gasteiger partial charge in [-0.05, 0) is 6.07 Å². The molecule has 2 rings (SSSR count). The number of carbonyl (C=O) groups excluding carboxylic acids is 1. The summed E-state index contributed by atoms with van der Waals surface area (Å²) in [4.78, 5) is 16.7. The molecule has 1 N–H and O–H groups in total. The van der Waals surface area contributed by atoms with Crippen LogP contribution in [0.3, 0.4) is 0 Å². The van der Waals surface area contributed by atoms with E-state index in [1.807, 2.05) is 0 Å². The standard InChI is InChI=1S/C9H5F3N2O2/c10-9(11,12)16-8-7-5(4-15)3-14-6(7)1-2-13-8/h1-4,14H. The molecule has 4 nitrogen and oxygen atoms in total. The second-order valence-electron chi connectivity index (χ2n) is 2.95. The molecule has 0 atom stereocenters. The van der Waals surface area contributed by atoms with Crippen molar-refractivity contribution >= 4 is 17.2 Å². The number of aromatic nitrogens is 2. The number of nitrogens with zero attached hydrogens (tertiary/aromatic N) is 1. The maximum absolute atomic E-state index is 12.1. The second-order valence-corrected chi connectivity index (χ2v) is 2.95. The van der Waals surface area contributed by atoms with Crippen LogP contribution in [0.2, 0.25) is 0 Å². The summed E-state index contributed by atoms with van der Waals surface area (Å²) in [5.41, 5.74) is 0.429. The molecular weight excluding hydrogens is 225 g/mol. The van der Waals surface area contributed by atoms with Crippen LogP contribution in [0.25, 0.3) is 10.9 Å². The predicted molar refractivity (Wildman–Crippen MR) is 48.2 cm³/mol. The Hall–Kier alpha value is -2.05. The van der Waals surface area contributed by atoms with Gasteiger partial charge < -0.3 is 9.72 Å². The molecule has 0 amide bonds. The van der Waals surface area contributed by atoms with Gasteiger partial charge in [0.05, 0.1) is 10.9 Å². The molecule has 0 fully saturated rings. The first-order valence-corrected chi connectivity index (χ1v) is 4.18. The Morgan fingerprint density at radius 3 is 2.81 bits per heavy atom. The number of carbonyl (C=O) groups is 1. The summed E-state index contributed by atoms with van der Waals surface area (Å²) in [6.45, 7) is 0. The quantitative estimate of drug-likeness (QED) is 0.805. The lowest BCUT2D eigenvalue weighted by atomic mass is 10.2. The van der Waals surface area contributed by atoms with Gasteiger partial charge in [0.15, 0.2) is 6.29 Å². The van der Waals surface area contributed by atoms with Crippen molar-refractivity contribution in [3.8, 4) is 5.88 Å². The first kappa shape index (κ1) is 10.5. The van der Waals surface area contributed by atoms with E-state index in [4.69, 9.17) is 0 Å². The van der Waals surface area contributed by atoms with Crippen molar-refractivity contribution in [2.75, 3.05) is 0 Å². The van der Waals surface area contributed by atoms with E-state index in [1.165, 1.54) is 12.3 Å². The molecule has 0 saturated carbocycles. The lowest BCUT2D eigenvalue weighted by molar-refractivity contribution is -0.275. The summed E-state index contributed by atoms with van der Waals surface area (Å²) >= 11 is 0. The van der Waals surface area contributed by atoms with Crippen LogP contribution in [0.5, 0.6) is 5.88 Å². The Labute approximate surface area is 87.0 Å². The number of halogens is 3. The van der Waals surface area contributed by atoms with Gasteiger partial charge in [0.1, 0.15) is 0 Å². The van der Waals surface area contributed by atoms with Crippen LogP contribution in [0.15, 0.2) is 18.5 Å². The van der Waals surface area contributed by atoms with Gasteiger partial charge in [-0.15, -0.1) is 13.2 Å². The fraction of sp³-hybridized carbons (Fsp3) is 0.111. The van der Waals surface area contributed by atoms with Gasteiger partial charge in [0, 0.05) is 18.0 Å². The number of rotatable bonds is 2. The summed E-state index contributed by atoms with van der Waals surface area (Å²) in [6, 6.07) is 1.45. The van der Waals surface area contributed by atoms with Crippen molar-refractivity contribution in [2.24, 2.45) is 0 Å². The third-order valence-electron chi connectivity index (χ3n) is 1.93. The van der Waals surface area contributed by atoms with Crippen LogP contribution in [0.1, 0.15) is 10.4 Å². The van der Waals surface area contributed by atoms with Crippen molar-refractivity contribution in [3.63, 3.8) is 0 Å². The van der Waals surface area contributed by atoms with Crippen LogP contribution in [0.4, 0.5) is 13.2 Å². The smallest absolute Gasteiger partial charge is 0.387 e. The Balaban J connectivity index is 2.59. The number of aldehydes is 1. The number of alkyl halides is 3. The number of pyridine rings is 1. The van der Waals surface area contributed by atoms with E-state index < -0.39 is 12.2 Å². The number of hydrogen-bond donors (Lipinski definition) is 1. The topological polar surface area (TPSA) is 55.0 Å². The fourth-order valence-electron chi connectivity index (χ4n) is 1.35. The Morgan fingerprint density at radius 2 is 2.19 bits per heavy atom. The van der Waals surface area contributed by atoms with Gasteiger partial charge in [-0.1, -0.05) is 0 Å². The monoisotopic (exact) mass is 230 g/mol. The molecule has 2 aromatic heterocycles. The van der Waals surface area contributed by atoms with Crippen molar-refractivity contribution < 1.29 is 22.7 Å². The van der Waals surface area contributed by atoms with Gasteiger partial charge in [-0.25, -0.2) is 4.98 Å². The number of H-pyrrole nitrogens is 1. The summed E-state index contributed by atoms with van der Waals surface area (Å²) < 4.78 is 39.9. The van der Waals surface area contributed by atoms with Crippen LogP contribution in [-0.4, -0.2) is 22.6 Å². The van der Waals surface area contributed by atoms with E-state index >= 15 is 0 Å². The number of ether oxygens (including phenoxy) is 1. The summed E-state index contributed by atoms with van der Waals surface area (Å²) in [7, 11) is 0. The molecule has 0 aliphatic carbocycles. The van der Waals surface area contributed by atoms with E-state index in [0.717, 1.165) is 6.20 Å². The second kappa shape index (κ2) is 3.51. The van der Waals surface area contributed by atoms with E-state index in [0.29, 0.717) is 11.8 Å². The summed E-state index contributed by atoms with van der Waals surface area (Å²) in [5, 5.41) is 0.0230. The highest BCUT2D eigenvalue weighted by molar-refractivity contribution is 5.99. The molecule has 2 aromatic rings. The summed E-state index contributed by atoms with van der Waals surface area (Å²) in [5.74, 6) is -0.631.